The van der Waals surface area contributed by atoms with E-state index in [1.165, 1.54) is 24.3 Å². The zero-order chi connectivity index (χ0) is 22.0. The van der Waals surface area contributed by atoms with Gasteiger partial charge in [-0.15, -0.1) is 0 Å². The van der Waals surface area contributed by atoms with E-state index < -0.39 is 10.9 Å². The molecule has 0 unspecified atom stereocenters. The second-order valence-electron chi connectivity index (χ2n) is 6.84. The van der Waals surface area contributed by atoms with Crippen LogP contribution < -0.4 is 0 Å². The Hall–Kier alpha value is -4.21. The van der Waals surface area contributed by atoms with E-state index in [1.807, 2.05) is 30.5 Å². The first-order chi connectivity index (χ1) is 14.9. The molecule has 3 heterocycles. The average Bonchev–Trinajstić information content (AvgIpc) is 3.50. The molecule has 158 valence electrons. The standard InChI is InChI=1S/C21H18N4O6/c1-13-10-18(14(2)24(13)11-17-4-3-9-29-17)21(26)30-12-19-22-20(23-31-19)15-5-7-16(8-6-15)25(27)28/h3-10H,11-12H2,1-2H3. The fourth-order valence-corrected chi connectivity index (χ4v) is 3.18. The van der Waals surface area contributed by atoms with Gasteiger partial charge in [-0.3, -0.25) is 10.1 Å². The second-order valence-corrected chi connectivity index (χ2v) is 6.84. The highest BCUT2D eigenvalue weighted by Crippen LogP contribution is 2.21. The molecule has 1 aromatic carbocycles. The van der Waals surface area contributed by atoms with Crippen LogP contribution in [0, 0.1) is 24.0 Å². The van der Waals surface area contributed by atoms with Crippen LogP contribution in [0.15, 0.2) is 57.7 Å². The SMILES string of the molecule is Cc1cc(C(=O)OCc2nc(-c3ccc([N+](=O)[O-])cc3)no2)c(C)n1Cc1ccco1. The number of aryl methyl sites for hydroxylation is 1. The predicted molar refractivity (Wildman–Crippen MR) is 107 cm³/mol. The smallest absolute Gasteiger partial charge is 0.340 e. The topological polar surface area (TPSA) is 126 Å². The molecule has 0 amide bonds. The van der Waals surface area contributed by atoms with Crippen LogP contribution in [0.25, 0.3) is 11.4 Å². The summed E-state index contributed by atoms with van der Waals surface area (Å²) in [5.74, 6) is 0.643. The number of hydrogen-bond donors (Lipinski definition) is 0. The zero-order valence-corrected chi connectivity index (χ0v) is 16.8. The molecule has 3 aromatic heterocycles. The fourth-order valence-electron chi connectivity index (χ4n) is 3.18. The molecular formula is C21H18N4O6. The lowest BCUT2D eigenvalue weighted by Crippen LogP contribution is -2.08. The molecule has 10 nitrogen and oxygen atoms in total. The van der Waals surface area contributed by atoms with E-state index in [4.69, 9.17) is 13.7 Å². The number of benzene rings is 1. The maximum Gasteiger partial charge on any atom is 0.340 e. The summed E-state index contributed by atoms with van der Waals surface area (Å²) in [6.45, 7) is 4.06. The van der Waals surface area contributed by atoms with Gasteiger partial charge in [0.05, 0.1) is 23.3 Å². The Kier molecular flexibility index (Phi) is 5.35. The van der Waals surface area contributed by atoms with Crippen LogP contribution in [0.1, 0.15) is 33.4 Å². The number of carbonyl (C=O) groups is 1. The number of aromatic nitrogens is 3. The monoisotopic (exact) mass is 422 g/mol. The predicted octanol–water partition coefficient (Wildman–Crippen LogP) is 4.06. The van der Waals surface area contributed by atoms with Crippen LogP contribution in [-0.4, -0.2) is 25.6 Å². The molecule has 4 rings (SSSR count). The highest BCUT2D eigenvalue weighted by Gasteiger charge is 2.19. The summed E-state index contributed by atoms with van der Waals surface area (Å²) in [5, 5.41) is 14.6. The van der Waals surface area contributed by atoms with Crippen LogP contribution in [0.2, 0.25) is 0 Å². The molecule has 0 spiro atoms. The summed E-state index contributed by atoms with van der Waals surface area (Å²) < 4.78 is 17.8. The van der Waals surface area contributed by atoms with Gasteiger partial charge in [-0.25, -0.2) is 4.79 Å². The average molecular weight is 422 g/mol. The van der Waals surface area contributed by atoms with Crippen LogP contribution >= 0.6 is 0 Å². The van der Waals surface area contributed by atoms with Crippen molar-refractivity contribution < 1.29 is 23.4 Å². The number of esters is 1. The molecule has 0 bridgehead atoms. The third-order valence-corrected chi connectivity index (χ3v) is 4.82. The minimum absolute atomic E-state index is 0.0361. The van der Waals surface area contributed by atoms with Crippen LogP contribution in [0.3, 0.4) is 0 Å². The molecule has 0 fully saturated rings. The lowest BCUT2D eigenvalue weighted by Gasteiger charge is -2.07. The first kappa shape index (κ1) is 20.1. The van der Waals surface area contributed by atoms with E-state index >= 15 is 0 Å². The zero-order valence-electron chi connectivity index (χ0n) is 16.8. The summed E-state index contributed by atoms with van der Waals surface area (Å²) in [6, 6.07) is 11.2. The van der Waals surface area contributed by atoms with Crippen LogP contribution in [0.4, 0.5) is 5.69 Å². The first-order valence-electron chi connectivity index (χ1n) is 9.36. The summed E-state index contributed by atoms with van der Waals surface area (Å²) in [4.78, 5) is 27.0. The molecule has 4 aromatic rings. The van der Waals surface area contributed by atoms with Gasteiger partial charge in [0.1, 0.15) is 5.76 Å². The molecule has 0 aliphatic carbocycles. The van der Waals surface area contributed by atoms with Gasteiger partial charge in [0, 0.05) is 29.1 Å². The van der Waals surface area contributed by atoms with E-state index in [1.54, 1.807) is 12.3 Å². The van der Waals surface area contributed by atoms with Crippen molar-refractivity contribution in [2.24, 2.45) is 0 Å². The number of nitrogens with zero attached hydrogens (tertiary/aromatic N) is 4. The van der Waals surface area contributed by atoms with Crippen LogP contribution in [-0.2, 0) is 17.9 Å². The number of non-ortho nitro benzene ring substituents is 1. The van der Waals surface area contributed by atoms with Gasteiger partial charge < -0.3 is 18.2 Å². The molecule has 0 saturated carbocycles. The van der Waals surface area contributed by atoms with Gasteiger partial charge >= 0.3 is 5.97 Å². The summed E-state index contributed by atoms with van der Waals surface area (Å²) in [6.07, 6.45) is 1.61. The summed E-state index contributed by atoms with van der Waals surface area (Å²) in [7, 11) is 0. The Labute approximate surface area is 176 Å². The lowest BCUT2D eigenvalue weighted by atomic mass is 10.2. The Bertz CT molecular complexity index is 1220. The van der Waals surface area contributed by atoms with Gasteiger partial charge in [0.2, 0.25) is 5.82 Å². The van der Waals surface area contributed by atoms with Crippen molar-refractivity contribution in [2.75, 3.05) is 0 Å². The highest BCUT2D eigenvalue weighted by atomic mass is 16.6. The maximum atomic E-state index is 12.6. The summed E-state index contributed by atoms with van der Waals surface area (Å²) in [5.41, 5.74) is 2.62. The van der Waals surface area contributed by atoms with Crippen molar-refractivity contribution in [1.82, 2.24) is 14.7 Å². The number of nitro groups is 1. The van der Waals surface area contributed by atoms with E-state index in [2.05, 4.69) is 10.1 Å². The third-order valence-electron chi connectivity index (χ3n) is 4.82. The lowest BCUT2D eigenvalue weighted by molar-refractivity contribution is -0.384. The van der Waals surface area contributed by atoms with Gasteiger partial charge in [0.15, 0.2) is 6.61 Å². The van der Waals surface area contributed by atoms with Gasteiger partial charge in [-0.05, 0) is 44.2 Å². The Morgan fingerprint density at radius 2 is 2.00 bits per heavy atom. The van der Waals surface area contributed by atoms with E-state index in [9.17, 15) is 14.9 Å². The van der Waals surface area contributed by atoms with Crippen molar-refractivity contribution in [3.63, 3.8) is 0 Å². The van der Waals surface area contributed by atoms with Crippen molar-refractivity contribution in [2.45, 2.75) is 27.0 Å². The molecule has 10 heteroatoms. The third kappa shape index (κ3) is 4.22. The Balaban J connectivity index is 1.42. The van der Waals surface area contributed by atoms with Crippen molar-refractivity contribution >= 4 is 11.7 Å². The number of carbonyl (C=O) groups excluding carboxylic acids is 1. The number of rotatable bonds is 7. The molecule has 0 radical (unpaired) electrons. The summed E-state index contributed by atoms with van der Waals surface area (Å²) >= 11 is 0. The van der Waals surface area contributed by atoms with Gasteiger partial charge in [0.25, 0.3) is 11.6 Å². The van der Waals surface area contributed by atoms with E-state index in [0.29, 0.717) is 17.7 Å². The minimum Gasteiger partial charge on any atom is -0.467 e. The molecular weight excluding hydrogens is 404 g/mol. The fraction of sp³-hybridized carbons (Fsp3) is 0.190. The molecule has 0 saturated heterocycles. The molecule has 0 atom stereocenters. The second kappa shape index (κ2) is 8.27. The van der Waals surface area contributed by atoms with Gasteiger partial charge in [-0.1, -0.05) is 5.16 Å². The normalized spacial score (nSPS) is 10.9. The number of nitro benzene ring substituents is 1. The number of furan rings is 1. The Morgan fingerprint density at radius 3 is 2.68 bits per heavy atom. The van der Waals surface area contributed by atoms with E-state index in [0.717, 1.165) is 17.1 Å². The molecule has 0 aliphatic heterocycles. The maximum absolute atomic E-state index is 12.6. The van der Waals surface area contributed by atoms with Gasteiger partial charge in [-0.2, -0.15) is 4.98 Å². The minimum atomic E-state index is -0.506. The van der Waals surface area contributed by atoms with Crippen molar-refractivity contribution in [3.05, 3.63) is 87.4 Å². The number of hydrogen-bond acceptors (Lipinski definition) is 8. The quantitative estimate of drug-likeness (QED) is 0.248. The highest BCUT2D eigenvalue weighted by molar-refractivity contribution is 5.91. The van der Waals surface area contributed by atoms with E-state index in [-0.39, 0.29) is 24.0 Å². The largest absolute Gasteiger partial charge is 0.467 e. The van der Waals surface area contributed by atoms with Crippen molar-refractivity contribution in [1.29, 1.82) is 0 Å². The molecule has 0 N–H and O–H groups in total. The number of ether oxygens (including phenoxy) is 1. The first-order valence-corrected chi connectivity index (χ1v) is 9.36. The van der Waals surface area contributed by atoms with Crippen LogP contribution in [0.5, 0.6) is 0 Å². The molecule has 31 heavy (non-hydrogen) atoms. The molecule has 0 aliphatic rings. The van der Waals surface area contributed by atoms with Crippen molar-refractivity contribution in [3.8, 4) is 11.4 Å². The Morgan fingerprint density at radius 1 is 1.23 bits per heavy atom.